The maximum absolute atomic E-state index is 12.0. The largest absolute Gasteiger partial charge is 0.381 e. The highest BCUT2D eigenvalue weighted by atomic mass is 79.9. The van der Waals surface area contributed by atoms with E-state index < -0.39 is 0 Å². The van der Waals surface area contributed by atoms with Crippen molar-refractivity contribution in [1.82, 2.24) is 9.78 Å². The fourth-order valence-corrected chi connectivity index (χ4v) is 2.79. The number of rotatable bonds is 4. The number of hydrogen-bond acceptors (Lipinski definition) is 4. The number of anilines is 1. The van der Waals surface area contributed by atoms with E-state index in [2.05, 4.69) is 33.3 Å². The van der Waals surface area contributed by atoms with Crippen molar-refractivity contribution in [3.8, 4) is 0 Å². The predicted molar refractivity (Wildman–Crippen MR) is 78.5 cm³/mol. The summed E-state index contributed by atoms with van der Waals surface area (Å²) in [5.74, 6) is 0.578. The summed E-state index contributed by atoms with van der Waals surface area (Å²) in [4.78, 5) is 12.0. The van der Waals surface area contributed by atoms with Gasteiger partial charge in [0, 0.05) is 25.8 Å². The third-order valence-corrected chi connectivity index (χ3v) is 4.41. The Morgan fingerprint density at radius 2 is 2.26 bits per heavy atom. The van der Waals surface area contributed by atoms with E-state index in [1.54, 1.807) is 6.20 Å². The maximum atomic E-state index is 12.0. The normalized spacial score (nSPS) is 18.3. The van der Waals surface area contributed by atoms with E-state index in [-0.39, 0.29) is 5.56 Å². The van der Waals surface area contributed by atoms with Gasteiger partial charge in [0.1, 0.15) is 4.47 Å². The van der Waals surface area contributed by atoms with Crippen LogP contribution in [-0.4, -0.2) is 29.0 Å². The molecule has 0 aromatic carbocycles. The number of aryl methyl sites for hydroxylation is 1. The van der Waals surface area contributed by atoms with Crippen molar-refractivity contribution in [3.63, 3.8) is 0 Å². The Morgan fingerprint density at radius 3 is 2.89 bits per heavy atom. The fourth-order valence-electron chi connectivity index (χ4n) is 2.37. The Hall–Kier alpha value is -0.880. The van der Waals surface area contributed by atoms with Crippen LogP contribution in [0.1, 0.15) is 26.7 Å². The van der Waals surface area contributed by atoms with Gasteiger partial charge in [-0.05, 0) is 48.5 Å². The van der Waals surface area contributed by atoms with Gasteiger partial charge in [0.05, 0.1) is 11.9 Å². The molecule has 1 fully saturated rings. The molecule has 0 radical (unpaired) electrons. The highest BCUT2D eigenvalue weighted by molar-refractivity contribution is 9.10. The number of aromatic nitrogens is 2. The van der Waals surface area contributed by atoms with Gasteiger partial charge < -0.3 is 10.1 Å². The summed E-state index contributed by atoms with van der Waals surface area (Å²) in [5, 5.41) is 7.54. The Morgan fingerprint density at radius 1 is 1.58 bits per heavy atom. The van der Waals surface area contributed by atoms with Crippen LogP contribution in [0, 0.1) is 5.92 Å². The molecule has 0 bridgehead atoms. The van der Waals surface area contributed by atoms with Gasteiger partial charge in [-0.25, -0.2) is 4.68 Å². The molecule has 5 nitrogen and oxygen atoms in total. The number of halogens is 1. The first-order chi connectivity index (χ1) is 9.13. The van der Waals surface area contributed by atoms with Crippen LogP contribution in [0.15, 0.2) is 15.5 Å². The molecule has 1 unspecified atom stereocenters. The van der Waals surface area contributed by atoms with Crippen LogP contribution >= 0.6 is 15.9 Å². The standard InChI is InChI=1S/C13H20BrN3O2/c1-3-17-13(18)12(14)11(8-15-17)16-9(2)10-4-6-19-7-5-10/h8-10,16H,3-7H2,1-2H3. The number of ether oxygens (including phenoxy) is 1. The van der Waals surface area contributed by atoms with Gasteiger partial charge in [0.2, 0.25) is 0 Å². The van der Waals surface area contributed by atoms with Crippen LogP contribution in [0.4, 0.5) is 5.69 Å². The molecule has 0 saturated carbocycles. The van der Waals surface area contributed by atoms with E-state index >= 15 is 0 Å². The van der Waals surface area contributed by atoms with Crippen LogP contribution in [0.3, 0.4) is 0 Å². The number of hydrogen-bond donors (Lipinski definition) is 1. The van der Waals surface area contributed by atoms with Crippen molar-refractivity contribution in [3.05, 3.63) is 21.0 Å². The van der Waals surface area contributed by atoms with Crippen molar-refractivity contribution < 1.29 is 4.74 Å². The summed E-state index contributed by atoms with van der Waals surface area (Å²) in [6.45, 7) is 6.28. The molecule has 19 heavy (non-hydrogen) atoms. The monoisotopic (exact) mass is 329 g/mol. The van der Waals surface area contributed by atoms with E-state index in [1.807, 2.05) is 6.92 Å². The Kier molecular flexibility index (Phi) is 4.99. The lowest BCUT2D eigenvalue weighted by Gasteiger charge is -2.29. The quantitative estimate of drug-likeness (QED) is 0.920. The van der Waals surface area contributed by atoms with Crippen molar-refractivity contribution >= 4 is 21.6 Å². The minimum atomic E-state index is -0.0910. The summed E-state index contributed by atoms with van der Waals surface area (Å²) in [6, 6.07) is 0.305. The first-order valence-corrected chi connectivity index (χ1v) is 7.52. The zero-order chi connectivity index (χ0) is 13.8. The van der Waals surface area contributed by atoms with Crippen molar-refractivity contribution in [1.29, 1.82) is 0 Å². The predicted octanol–water partition coefficient (Wildman–Crippen LogP) is 2.25. The van der Waals surface area contributed by atoms with Crippen LogP contribution in [0.25, 0.3) is 0 Å². The molecule has 1 aromatic rings. The molecule has 6 heteroatoms. The van der Waals surface area contributed by atoms with Crippen molar-refractivity contribution in [2.24, 2.45) is 5.92 Å². The van der Waals surface area contributed by atoms with E-state index in [1.165, 1.54) is 4.68 Å². The summed E-state index contributed by atoms with van der Waals surface area (Å²) < 4.78 is 7.37. The molecule has 1 aliphatic rings. The molecular weight excluding hydrogens is 310 g/mol. The summed E-state index contributed by atoms with van der Waals surface area (Å²) in [6.07, 6.45) is 3.83. The minimum absolute atomic E-state index is 0.0910. The lowest BCUT2D eigenvalue weighted by Crippen LogP contribution is -2.32. The van der Waals surface area contributed by atoms with Crippen LogP contribution in [0.5, 0.6) is 0 Å². The maximum Gasteiger partial charge on any atom is 0.283 e. The average molecular weight is 330 g/mol. The summed E-state index contributed by atoms with van der Waals surface area (Å²) in [5.41, 5.74) is 0.681. The molecule has 1 atom stereocenters. The molecule has 1 aliphatic heterocycles. The highest BCUT2D eigenvalue weighted by Crippen LogP contribution is 2.24. The lowest BCUT2D eigenvalue weighted by molar-refractivity contribution is 0.0622. The van der Waals surface area contributed by atoms with Gasteiger partial charge >= 0.3 is 0 Å². The van der Waals surface area contributed by atoms with Crippen molar-refractivity contribution in [2.45, 2.75) is 39.3 Å². The molecule has 106 valence electrons. The Labute approximate surface area is 121 Å². The second kappa shape index (κ2) is 6.52. The van der Waals surface area contributed by atoms with Crippen molar-refractivity contribution in [2.75, 3.05) is 18.5 Å². The van der Waals surface area contributed by atoms with E-state index in [9.17, 15) is 4.79 Å². The highest BCUT2D eigenvalue weighted by Gasteiger charge is 2.21. The topological polar surface area (TPSA) is 56.1 Å². The molecule has 0 aliphatic carbocycles. The van der Waals surface area contributed by atoms with Crippen LogP contribution in [-0.2, 0) is 11.3 Å². The first kappa shape index (κ1) is 14.5. The van der Waals surface area contributed by atoms with Gasteiger partial charge in [-0.1, -0.05) is 0 Å². The third-order valence-electron chi connectivity index (χ3n) is 3.64. The van der Waals surface area contributed by atoms with Crippen LogP contribution < -0.4 is 10.9 Å². The van der Waals surface area contributed by atoms with E-state index in [4.69, 9.17) is 4.74 Å². The van der Waals surface area contributed by atoms with Crippen LogP contribution in [0.2, 0.25) is 0 Å². The molecular formula is C13H20BrN3O2. The first-order valence-electron chi connectivity index (χ1n) is 6.73. The SMILES string of the molecule is CCn1ncc(NC(C)C2CCOCC2)c(Br)c1=O. The molecule has 2 heterocycles. The van der Waals surface area contributed by atoms with Gasteiger partial charge in [-0.2, -0.15) is 5.10 Å². The Balaban J connectivity index is 2.10. The second-order valence-corrected chi connectivity index (χ2v) is 5.67. The van der Waals surface area contributed by atoms with Gasteiger partial charge in [0.25, 0.3) is 5.56 Å². The lowest BCUT2D eigenvalue weighted by atomic mass is 9.93. The molecule has 2 rings (SSSR count). The Bertz CT molecular complexity index is 483. The number of nitrogens with zero attached hydrogens (tertiary/aromatic N) is 2. The second-order valence-electron chi connectivity index (χ2n) is 4.88. The molecule has 1 aromatic heterocycles. The van der Waals surface area contributed by atoms with E-state index in [0.717, 1.165) is 31.7 Å². The molecule has 1 N–H and O–H groups in total. The average Bonchev–Trinajstić information content (AvgIpc) is 2.45. The summed E-state index contributed by atoms with van der Waals surface area (Å²) in [7, 11) is 0. The summed E-state index contributed by atoms with van der Waals surface area (Å²) >= 11 is 3.36. The van der Waals surface area contributed by atoms with Gasteiger partial charge in [0.15, 0.2) is 0 Å². The molecule has 0 spiro atoms. The zero-order valence-electron chi connectivity index (χ0n) is 11.4. The third kappa shape index (κ3) is 3.36. The fraction of sp³-hybridized carbons (Fsp3) is 0.692. The minimum Gasteiger partial charge on any atom is -0.381 e. The smallest absolute Gasteiger partial charge is 0.283 e. The molecule has 1 saturated heterocycles. The van der Waals surface area contributed by atoms with E-state index in [0.29, 0.717) is 23.0 Å². The van der Waals surface area contributed by atoms with Gasteiger partial charge in [-0.3, -0.25) is 4.79 Å². The number of nitrogens with one attached hydrogen (secondary N) is 1. The van der Waals surface area contributed by atoms with Gasteiger partial charge in [-0.15, -0.1) is 0 Å². The zero-order valence-corrected chi connectivity index (χ0v) is 12.9. The molecule has 0 amide bonds.